The van der Waals surface area contributed by atoms with Crippen LogP contribution in [0.4, 0.5) is 4.39 Å². The van der Waals surface area contributed by atoms with Crippen molar-refractivity contribution >= 4 is 11.7 Å². The maximum atomic E-state index is 15.9. The monoisotopic (exact) mass is 559 g/mol. The molecule has 4 aliphatic rings. The third-order valence-corrected chi connectivity index (χ3v) is 9.34. The number of methoxy groups -OCH3 is 1. The van der Waals surface area contributed by atoms with Gasteiger partial charge in [-0.25, -0.2) is 9.37 Å². The van der Waals surface area contributed by atoms with E-state index in [1.165, 1.54) is 0 Å². The van der Waals surface area contributed by atoms with Crippen molar-refractivity contribution < 1.29 is 23.5 Å². The Morgan fingerprint density at radius 1 is 1.25 bits per heavy atom. The van der Waals surface area contributed by atoms with Crippen LogP contribution in [-0.2, 0) is 25.6 Å². The maximum absolute atomic E-state index is 15.9. The number of fused-ring (bicyclic) bond motifs is 2. The van der Waals surface area contributed by atoms with E-state index in [9.17, 15) is 9.59 Å². The lowest BCUT2D eigenvalue weighted by Crippen LogP contribution is -2.73. The van der Waals surface area contributed by atoms with Gasteiger partial charge in [0.2, 0.25) is 0 Å². The molecule has 2 saturated carbocycles. The minimum Gasteiger partial charge on any atom is -0.381 e. The first-order valence-electron chi connectivity index (χ1n) is 15.3. The Morgan fingerprint density at radius 3 is 2.75 bits per heavy atom. The molecular formula is C30H46FN5O4. The van der Waals surface area contributed by atoms with Crippen molar-refractivity contribution in [3.05, 3.63) is 30.5 Å². The van der Waals surface area contributed by atoms with Gasteiger partial charge < -0.3 is 29.6 Å². The minimum atomic E-state index is -1.25. The molecule has 222 valence electrons. The highest BCUT2D eigenvalue weighted by Crippen LogP contribution is 2.45. The molecule has 0 spiro atoms. The number of carbonyl (C=O) groups is 2. The molecule has 3 heterocycles. The van der Waals surface area contributed by atoms with E-state index < -0.39 is 24.2 Å². The summed E-state index contributed by atoms with van der Waals surface area (Å²) in [6.45, 7) is 5.61. The molecule has 3 fully saturated rings. The zero-order valence-corrected chi connectivity index (χ0v) is 24.1. The molecule has 9 nitrogen and oxygen atoms in total. The molecule has 2 aliphatic heterocycles. The fourth-order valence-electron chi connectivity index (χ4n) is 7.39. The zero-order valence-electron chi connectivity index (χ0n) is 24.1. The molecule has 2 N–H and O–H groups in total. The molecule has 2 aliphatic carbocycles. The first-order valence-corrected chi connectivity index (χ1v) is 15.3. The Hall–Kier alpha value is -2.30. The van der Waals surface area contributed by atoms with Gasteiger partial charge in [-0.15, -0.1) is 0 Å². The highest BCUT2D eigenvalue weighted by molar-refractivity contribution is 6.20. The Bertz CT molecular complexity index is 1030. The number of hydrogen-bond donors (Lipinski definition) is 2. The molecular weight excluding hydrogens is 513 g/mol. The number of nitrogens with zero attached hydrogens (tertiary/aromatic N) is 3. The number of ether oxygens (including phenoxy) is 2. The standard InChI is InChI=1S/C30H46FN5O4/c1-4-7-19(8-5-2)34-30(38)22-17-36-24-10-9-20(39-3)15-25(24)40-29-26(23(31)16-21(27(29)36)28(22)37)33-11-6-13-35-14-12-32-18-35/h12,14,17-21,23-27,29,33H,4-11,13,15-16H2,1-3H3,(H,34,38). The first kappa shape index (κ1) is 29.2. The van der Waals surface area contributed by atoms with Crippen LogP contribution in [0.1, 0.15) is 71.6 Å². The average Bonchev–Trinajstić information content (AvgIpc) is 3.47. The normalized spacial score (nSPS) is 33.4. The first-order chi connectivity index (χ1) is 19.4. The Morgan fingerprint density at radius 2 is 2.05 bits per heavy atom. The van der Waals surface area contributed by atoms with Crippen molar-refractivity contribution in [2.45, 2.75) is 127 Å². The second-order valence-electron chi connectivity index (χ2n) is 12.0. The van der Waals surface area contributed by atoms with E-state index in [1.807, 2.05) is 10.8 Å². The molecule has 8 unspecified atom stereocenters. The zero-order chi connectivity index (χ0) is 28.2. The Balaban J connectivity index is 1.38. The third-order valence-electron chi connectivity index (χ3n) is 9.34. The van der Waals surface area contributed by atoms with Crippen molar-refractivity contribution in [1.82, 2.24) is 25.1 Å². The number of halogens is 1. The molecule has 40 heavy (non-hydrogen) atoms. The van der Waals surface area contributed by atoms with Crippen molar-refractivity contribution in [3.63, 3.8) is 0 Å². The van der Waals surface area contributed by atoms with Crippen LogP contribution < -0.4 is 10.6 Å². The van der Waals surface area contributed by atoms with Gasteiger partial charge in [0.15, 0.2) is 5.78 Å². The van der Waals surface area contributed by atoms with E-state index in [1.54, 1.807) is 25.8 Å². The van der Waals surface area contributed by atoms with Crippen LogP contribution in [-0.4, -0.2) is 88.4 Å². The number of amides is 1. The van der Waals surface area contributed by atoms with Gasteiger partial charge in [0.25, 0.3) is 5.91 Å². The van der Waals surface area contributed by atoms with E-state index in [2.05, 4.69) is 34.4 Å². The number of aromatic nitrogens is 2. The van der Waals surface area contributed by atoms with Gasteiger partial charge in [-0.05, 0) is 45.1 Å². The van der Waals surface area contributed by atoms with Crippen molar-refractivity contribution in [1.29, 1.82) is 0 Å². The maximum Gasteiger partial charge on any atom is 0.256 e. The fraction of sp³-hybridized carbons (Fsp3) is 0.767. The number of morpholine rings is 1. The molecule has 1 aromatic heterocycles. The van der Waals surface area contributed by atoms with Gasteiger partial charge in [0.1, 0.15) is 6.17 Å². The smallest absolute Gasteiger partial charge is 0.256 e. The lowest BCUT2D eigenvalue weighted by molar-refractivity contribution is -0.206. The average molecular weight is 560 g/mol. The SMILES string of the molecule is CCCC(CCC)NC(=O)C1=CN2C3CCC(OC)CC3OC3C(NCCCn4ccnc4)C(F)CC(C1=O)C32. The number of imidazole rings is 1. The molecule has 5 rings (SSSR count). The minimum absolute atomic E-state index is 0.0335. The molecule has 0 bridgehead atoms. The number of carbonyl (C=O) groups excluding carboxylic acids is 2. The number of hydrogen-bond acceptors (Lipinski definition) is 7. The molecule has 1 saturated heterocycles. The van der Waals surface area contributed by atoms with E-state index in [-0.39, 0.29) is 54.0 Å². The number of ketones is 1. The molecule has 1 aromatic rings. The van der Waals surface area contributed by atoms with Crippen LogP contribution in [0.15, 0.2) is 30.5 Å². The molecule has 0 aromatic carbocycles. The van der Waals surface area contributed by atoms with E-state index >= 15 is 4.39 Å². The Kier molecular flexibility index (Phi) is 9.58. The Labute approximate surface area is 237 Å². The van der Waals surface area contributed by atoms with Crippen molar-refractivity contribution in [2.24, 2.45) is 5.92 Å². The lowest BCUT2D eigenvalue weighted by atomic mass is 9.69. The predicted octanol–water partition coefficient (Wildman–Crippen LogP) is 3.15. The van der Waals surface area contributed by atoms with Crippen LogP contribution in [0.5, 0.6) is 0 Å². The van der Waals surface area contributed by atoms with Crippen LogP contribution in [0.25, 0.3) is 0 Å². The summed E-state index contributed by atoms with van der Waals surface area (Å²) in [5.74, 6) is -1.17. The lowest BCUT2D eigenvalue weighted by Gasteiger charge is -2.59. The second kappa shape index (κ2) is 13.1. The molecule has 8 atom stereocenters. The molecule has 0 radical (unpaired) electrons. The van der Waals surface area contributed by atoms with Crippen LogP contribution in [0.2, 0.25) is 0 Å². The van der Waals surface area contributed by atoms with Crippen molar-refractivity contribution in [2.75, 3.05) is 13.7 Å². The number of rotatable bonds is 12. The highest BCUT2D eigenvalue weighted by Gasteiger charge is 2.58. The van der Waals surface area contributed by atoms with Crippen LogP contribution in [0, 0.1) is 5.92 Å². The predicted molar refractivity (Wildman–Crippen MR) is 149 cm³/mol. The van der Waals surface area contributed by atoms with Gasteiger partial charge in [-0.2, -0.15) is 0 Å². The van der Waals surface area contributed by atoms with E-state index in [0.717, 1.165) is 51.5 Å². The fourth-order valence-corrected chi connectivity index (χ4v) is 7.39. The third kappa shape index (κ3) is 5.99. The van der Waals surface area contributed by atoms with Crippen LogP contribution >= 0.6 is 0 Å². The topological polar surface area (TPSA) is 97.7 Å². The molecule has 1 amide bonds. The number of aryl methyl sites for hydroxylation is 1. The summed E-state index contributed by atoms with van der Waals surface area (Å²) < 4.78 is 30.3. The van der Waals surface area contributed by atoms with Gasteiger partial charge >= 0.3 is 0 Å². The second-order valence-corrected chi connectivity index (χ2v) is 12.0. The summed E-state index contributed by atoms with van der Waals surface area (Å²) in [5, 5.41) is 6.57. The summed E-state index contributed by atoms with van der Waals surface area (Å²) in [7, 11) is 1.72. The summed E-state index contributed by atoms with van der Waals surface area (Å²) in [6.07, 6.45) is 12.5. The number of alkyl halides is 1. The summed E-state index contributed by atoms with van der Waals surface area (Å²) in [4.78, 5) is 33.6. The summed E-state index contributed by atoms with van der Waals surface area (Å²) in [5.41, 5.74) is 0.172. The van der Waals surface area contributed by atoms with Gasteiger partial charge in [-0.3, -0.25) is 9.59 Å². The number of nitrogens with one attached hydrogen (secondary N) is 2. The quantitative estimate of drug-likeness (QED) is 0.300. The van der Waals surface area contributed by atoms with E-state index in [0.29, 0.717) is 13.0 Å². The molecule has 10 heteroatoms. The summed E-state index contributed by atoms with van der Waals surface area (Å²) >= 11 is 0. The number of Topliss-reactive ketones (excluding diaryl/α,β-unsaturated/α-hetero) is 1. The van der Waals surface area contributed by atoms with Crippen molar-refractivity contribution in [3.8, 4) is 0 Å². The van der Waals surface area contributed by atoms with Gasteiger partial charge in [0, 0.05) is 50.6 Å². The largest absolute Gasteiger partial charge is 0.381 e. The van der Waals surface area contributed by atoms with Gasteiger partial charge in [0.05, 0.1) is 48.3 Å². The summed E-state index contributed by atoms with van der Waals surface area (Å²) in [6, 6.07) is -0.742. The van der Waals surface area contributed by atoms with Crippen LogP contribution in [0.3, 0.4) is 0 Å². The van der Waals surface area contributed by atoms with E-state index in [4.69, 9.17) is 9.47 Å². The van der Waals surface area contributed by atoms with Gasteiger partial charge in [-0.1, -0.05) is 26.7 Å². The highest BCUT2D eigenvalue weighted by atomic mass is 19.1.